The first-order valence-electron chi connectivity index (χ1n) is 12.9. The molecule has 0 radical (unpaired) electrons. The standard InChI is InChI=1S/C32H21F3N4O4S/c1-43-21-12-8-19(9-13-21)28-15-25(32(33,34)35)24(16-36)30(39-28)44-17-29(40)37-20-10-6-18(7-11-20)27-14-23(31(41)42)22-4-2-3-5-26(22)38-27/h2-15H,17H2,1H3,(H,37,40)(H,41,42). The lowest BCUT2D eigenvalue weighted by Crippen LogP contribution is -2.15. The summed E-state index contributed by atoms with van der Waals surface area (Å²) in [6, 6.07) is 23.5. The zero-order valence-electron chi connectivity index (χ0n) is 22.8. The summed E-state index contributed by atoms with van der Waals surface area (Å²) in [5.41, 5.74) is 0.630. The number of fused-ring (bicyclic) bond motifs is 1. The second kappa shape index (κ2) is 12.4. The highest BCUT2D eigenvalue weighted by molar-refractivity contribution is 8.00. The Morgan fingerprint density at radius 3 is 2.20 bits per heavy atom. The molecule has 0 aliphatic heterocycles. The summed E-state index contributed by atoms with van der Waals surface area (Å²) in [6.45, 7) is 0. The van der Waals surface area contributed by atoms with Crippen molar-refractivity contribution in [2.75, 3.05) is 18.2 Å². The molecule has 0 fully saturated rings. The van der Waals surface area contributed by atoms with E-state index < -0.39 is 29.2 Å². The molecule has 44 heavy (non-hydrogen) atoms. The molecule has 5 aromatic rings. The Balaban J connectivity index is 1.34. The van der Waals surface area contributed by atoms with Crippen LogP contribution in [-0.4, -0.2) is 39.8 Å². The second-order valence-electron chi connectivity index (χ2n) is 9.36. The highest BCUT2D eigenvalue weighted by atomic mass is 32.2. The number of anilines is 1. The molecule has 0 aliphatic rings. The van der Waals surface area contributed by atoms with Gasteiger partial charge in [0.25, 0.3) is 0 Å². The number of nitrogens with zero attached hydrogens (tertiary/aromatic N) is 3. The summed E-state index contributed by atoms with van der Waals surface area (Å²) in [5.74, 6) is -1.43. The van der Waals surface area contributed by atoms with Gasteiger partial charge in [0.1, 0.15) is 16.8 Å². The number of carbonyl (C=O) groups excluding carboxylic acids is 1. The average molecular weight is 615 g/mol. The molecule has 0 atom stereocenters. The summed E-state index contributed by atoms with van der Waals surface area (Å²) in [4.78, 5) is 33.4. The summed E-state index contributed by atoms with van der Waals surface area (Å²) < 4.78 is 46.8. The first kappa shape index (κ1) is 30.1. The molecule has 0 bridgehead atoms. The SMILES string of the molecule is COc1ccc(-c2cc(C(F)(F)F)c(C#N)c(SCC(=O)Nc3ccc(-c4cc(C(=O)O)c5ccccc5n4)cc3)n2)cc1. The van der Waals surface area contributed by atoms with E-state index in [1.807, 2.05) is 0 Å². The van der Waals surface area contributed by atoms with Gasteiger partial charge in [0.15, 0.2) is 0 Å². The third-order valence-corrected chi connectivity index (χ3v) is 7.52. The fourth-order valence-corrected chi connectivity index (χ4v) is 5.23. The molecule has 2 heterocycles. The fraction of sp³-hybridized carbons (Fsp3) is 0.0938. The predicted octanol–water partition coefficient (Wildman–Crippen LogP) is 7.29. The van der Waals surface area contributed by atoms with Crippen LogP contribution in [0.15, 0.2) is 90.0 Å². The van der Waals surface area contributed by atoms with Gasteiger partial charge in [-0.25, -0.2) is 14.8 Å². The fourth-order valence-electron chi connectivity index (χ4n) is 4.42. The van der Waals surface area contributed by atoms with Crippen LogP contribution in [0.1, 0.15) is 21.5 Å². The van der Waals surface area contributed by atoms with Crippen LogP contribution in [0.2, 0.25) is 0 Å². The lowest BCUT2D eigenvalue weighted by molar-refractivity contribution is -0.138. The maximum atomic E-state index is 13.9. The molecule has 220 valence electrons. The van der Waals surface area contributed by atoms with E-state index in [4.69, 9.17) is 4.74 Å². The Labute approximate surface area is 253 Å². The van der Waals surface area contributed by atoms with Gasteiger partial charge in [0, 0.05) is 22.2 Å². The van der Waals surface area contributed by atoms with Crippen molar-refractivity contribution in [3.8, 4) is 34.3 Å². The number of carboxylic acids is 1. The van der Waals surface area contributed by atoms with Gasteiger partial charge in [-0.3, -0.25) is 4.79 Å². The normalized spacial score (nSPS) is 11.2. The highest BCUT2D eigenvalue weighted by Crippen LogP contribution is 2.38. The number of aromatic carboxylic acids is 1. The molecule has 12 heteroatoms. The maximum Gasteiger partial charge on any atom is 0.417 e. The number of aromatic nitrogens is 2. The molecule has 0 saturated carbocycles. The molecule has 2 aromatic heterocycles. The number of carboxylic acid groups (broad SMARTS) is 1. The number of para-hydroxylation sites is 1. The Bertz CT molecular complexity index is 1920. The Morgan fingerprint density at radius 2 is 1.59 bits per heavy atom. The maximum absolute atomic E-state index is 13.9. The zero-order valence-corrected chi connectivity index (χ0v) is 23.7. The first-order valence-corrected chi connectivity index (χ1v) is 13.9. The number of carbonyl (C=O) groups is 2. The molecule has 0 saturated heterocycles. The summed E-state index contributed by atoms with van der Waals surface area (Å²) in [7, 11) is 1.46. The quantitative estimate of drug-likeness (QED) is 0.175. The van der Waals surface area contributed by atoms with Crippen LogP contribution >= 0.6 is 11.8 Å². The van der Waals surface area contributed by atoms with E-state index in [0.29, 0.717) is 50.9 Å². The molecule has 2 N–H and O–H groups in total. The van der Waals surface area contributed by atoms with Crippen molar-refractivity contribution < 1.29 is 32.6 Å². The van der Waals surface area contributed by atoms with Crippen LogP contribution in [-0.2, 0) is 11.0 Å². The van der Waals surface area contributed by atoms with Gasteiger partial charge in [0.2, 0.25) is 5.91 Å². The van der Waals surface area contributed by atoms with Gasteiger partial charge in [0.05, 0.1) is 46.5 Å². The van der Waals surface area contributed by atoms with Crippen molar-refractivity contribution in [1.82, 2.24) is 9.97 Å². The topological polar surface area (TPSA) is 125 Å². The number of pyridine rings is 2. The van der Waals surface area contributed by atoms with Crippen LogP contribution in [0.4, 0.5) is 18.9 Å². The number of methoxy groups -OCH3 is 1. The number of nitrogens with one attached hydrogen (secondary N) is 1. The van der Waals surface area contributed by atoms with Gasteiger partial charge < -0.3 is 15.2 Å². The molecule has 0 spiro atoms. The van der Waals surface area contributed by atoms with E-state index in [1.54, 1.807) is 78.9 Å². The van der Waals surface area contributed by atoms with Crippen LogP contribution in [0.5, 0.6) is 5.75 Å². The molecule has 5 rings (SSSR count). The van der Waals surface area contributed by atoms with Crippen molar-refractivity contribution in [2.24, 2.45) is 0 Å². The number of halogens is 3. The van der Waals surface area contributed by atoms with E-state index in [-0.39, 0.29) is 22.0 Å². The number of amides is 1. The predicted molar refractivity (Wildman–Crippen MR) is 159 cm³/mol. The van der Waals surface area contributed by atoms with Gasteiger partial charge in [-0.05, 0) is 54.6 Å². The molecule has 8 nitrogen and oxygen atoms in total. The summed E-state index contributed by atoms with van der Waals surface area (Å²) >= 11 is 0.715. The first-order chi connectivity index (χ1) is 21.1. The third kappa shape index (κ3) is 6.48. The van der Waals surface area contributed by atoms with E-state index in [2.05, 4.69) is 15.3 Å². The minimum absolute atomic E-state index is 0.00849. The van der Waals surface area contributed by atoms with Crippen LogP contribution in [0.25, 0.3) is 33.4 Å². The lowest BCUT2D eigenvalue weighted by atomic mass is 10.0. The Hall–Kier alpha value is -5.41. The van der Waals surface area contributed by atoms with Crippen molar-refractivity contribution in [3.63, 3.8) is 0 Å². The van der Waals surface area contributed by atoms with Gasteiger partial charge in [-0.15, -0.1) is 0 Å². The smallest absolute Gasteiger partial charge is 0.417 e. The van der Waals surface area contributed by atoms with Crippen molar-refractivity contribution in [1.29, 1.82) is 5.26 Å². The number of benzene rings is 3. The monoisotopic (exact) mass is 614 g/mol. The molecule has 0 unspecified atom stereocenters. The number of ether oxygens (including phenoxy) is 1. The Kier molecular flexibility index (Phi) is 8.50. The third-order valence-electron chi connectivity index (χ3n) is 6.54. The molecule has 0 aliphatic carbocycles. The minimum atomic E-state index is -4.82. The number of thioether (sulfide) groups is 1. The zero-order chi connectivity index (χ0) is 31.4. The largest absolute Gasteiger partial charge is 0.497 e. The Morgan fingerprint density at radius 1 is 0.955 bits per heavy atom. The molecule has 3 aromatic carbocycles. The van der Waals surface area contributed by atoms with E-state index in [1.165, 1.54) is 13.2 Å². The number of hydrogen-bond donors (Lipinski definition) is 2. The van der Waals surface area contributed by atoms with Gasteiger partial charge in [-0.2, -0.15) is 18.4 Å². The highest BCUT2D eigenvalue weighted by Gasteiger charge is 2.36. The van der Waals surface area contributed by atoms with E-state index >= 15 is 0 Å². The van der Waals surface area contributed by atoms with Crippen molar-refractivity contribution in [2.45, 2.75) is 11.2 Å². The molecular formula is C32H21F3N4O4S. The number of rotatable bonds is 8. The van der Waals surface area contributed by atoms with Crippen molar-refractivity contribution >= 4 is 40.2 Å². The average Bonchev–Trinajstić information content (AvgIpc) is 3.02. The van der Waals surface area contributed by atoms with Crippen LogP contribution in [0.3, 0.4) is 0 Å². The van der Waals surface area contributed by atoms with Gasteiger partial charge >= 0.3 is 12.1 Å². The van der Waals surface area contributed by atoms with Crippen LogP contribution < -0.4 is 10.1 Å². The second-order valence-corrected chi connectivity index (χ2v) is 10.3. The minimum Gasteiger partial charge on any atom is -0.497 e. The van der Waals surface area contributed by atoms with Crippen molar-refractivity contribution in [3.05, 3.63) is 102 Å². The summed E-state index contributed by atoms with van der Waals surface area (Å²) in [5, 5.41) is 22.2. The molecular weight excluding hydrogens is 593 g/mol. The molecule has 1 amide bonds. The number of alkyl halides is 3. The van der Waals surface area contributed by atoms with Crippen LogP contribution in [0, 0.1) is 11.3 Å². The summed E-state index contributed by atoms with van der Waals surface area (Å²) in [6.07, 6.45) is -4.82. The van der Waals surface area contributed by atoms with E-state index in [0.717, 1.165) is 6.07 Å². The number of nitriles is 1. The van der Waals surface area contributed by atoms with Gasteiger partial charge in [-0.1, -0.05) is 42.1 Å². The number of hydrogen-bond acceptors (Lipinski definition) is 7. The lowest BCUT2D eigenvalue weighted by Gasteiger charge is -2.14. The van der Waals surface area contributed by atoms with E-state index in [9.17, 15) is 33.1 Å².